The molecule has 0 amide bonds. The molecular weight excluding hydrogens is 286 g/mol. The van der Waals surface area contributed by atoms with Gasteiger partial charge in [-0.3, -0.25) is 10.1 Å². The van der Waals surface area contributed by atoms with Crippen LogP contribution in [0.1, 0.15) is 5.56 Å². The first-order valence-corrected chi connectivity index (χ1v) is 5.59. The molecule has 9 nitrogen and oxygen atoms in total. The highest BCUT2D eigenvalue weighted by molar-refractivity contribution is 6.29. The van der Waals surface area contributed by atoms with Crippen LogP contribution in [-0.2, 0) is 25.7 Å². The molecule has 0 radical (unpaired) electrons. The number of carbonyl (C=O) groups is 2. The van der Waals surface area contributed by atoms with Crippen LogP contribution in [-0.4, -0.2) is 38.2 Å². The van der Waals surface area contributed by atoms with Crippen molar-refractivity contribution in [3.8, 4) is 11.5 Å². The van der Waals surface area contributed by atoms with Crippen molar-refractivity contribution in [2.45, 2.75) is 6.61 Å². The first-order valence-electron chi connectivity index (χ1n) is 5.59. The smallest absolute Gasteiger partial charge is 0.417 e. The number of rotatable bonds is 5. The summed E-state index contributed by atoms with van der Waals surface area (Å²) in [7, 11) is 3.70. The van der Waals surface area contributed by atoms with Gasteiger partial charge < -0.3 is 18.9 Å². The molecule has 1 rings (SSSR count). The summed E-state index contributed by atoms with van der Waals surface area (Å²) in [5.41, 5.74) is -0.278. The molecule has 1 aromatic carbocycles. The molecule has 0 aliphatic carbocycles. The van der Waals surface area contributed by atoms with E-state index in [0.29, 0.717) is 0 Å². The van der Waals surface area contributed by atoms with E-state index in [4.69, 9.17) is 9.47 Å². The van der Waals surface area contributed by atoms with Gasteiger partial charge in [0.2, 0.25) is 0 Å². The Balaban J connectivity index is 3.07. The molecule has 0 unspecified atom stereocenters. The fraction of sp³-hybridized carbons (Fsp3) is 0.333. The normalized spacial score (nSPS) is 9.67. The van der Waals surface area contributed by atoms with Crippen molar-refractivity contribution in [1.82, 2.24) is 0 Å². The molecule has 0 bridgehead atoms. The molecule has 0 atom stereocenters. The number of nitro groups is 1. The number of benzene rings is 1. The minimum atomic E-state index is -1.25. The molecule has 9 heteroatoms. The molecule has 0 saturated heterocycles. The Morgan fingerprint density at radius 3 is 2.14 bits per heavy atom. The molecule has 0 aliphatic rings. The van der Waals surface area contributed by atoms with Gasteiger partial charge in [0.1, 0.15) is 6.61 Å². The van der Waals surface area contributed by atoms with E-state index in [1.54, 1.807) is 0 Å². The zero-order chi connectivity index (χ0) is 16.0. The van der Waals surface area contributed by atoms with Crippen LogP contribution in [0.15, 0.2) is 12.1 Å². The number of methoxy groups -OCH3 is 3. The third-order valence-electron chi connectivity index (χ3n) is 2.49. The maximum atomic E-state index is 11.2. The first kappa shape index (κ1) is 16.2. The molecule has 1 aromatic rings. The van der Waals surface area contributed by atoms with Crippen molar-refractivity contribution in [1.29, 1.82) is 0 Å². The standard InChI is InChI=1S/C12H13NO8/c1-18-9-4-7(6-21-12(15)11(14)20-3)8(13(16)17)5-10(9)19-2/h4-5H,6H2,1-3H3. The van der Waals surface area contributed by atoms with Gasteiger partial charge in [-0.05, 0) is 6.07 Å². The Bertz CT molecular complexity index is 569. The number of esters is 2. The molecule has 0 aromatic heterocycles. The van der Waals surface area contributed by atoms with Crippen molar-refractivity contribution in [3.05, 3.63) is 27.8 Å². The van der Waals surface area contributed by atoms with E-state index in [9.17, 15) is 19.7 Å². The van der Waals surface area contributed by atoms with Gasteiger partial charge in [-0.25, -0.2) is 9.59 Å². The highest BCUT2D eigenvalue weighted by Gasteiger charge is 2.22. The summed E-state index contributed by atoms with van der Waals surface area (Å²) in [5.74, 6) is -2.06. The highest BCUT2D eigenvalue weighted by atomic mass is 16.6. The summed E-state index contributed by atoms with van der Waals surface area (Å²) in [6.45, 7) is -0.482. The van der Waals surface area contributed by atoms with Gasteiger partial charge in [0.25, 0.3) is 5.69 Å². The van der Waals surface area contributed by atoms with Crippen LogP contribution in [0.3, 0.4) is 0 Å². The lowest BCUT2D eigenvalue weighted by Gasteiger charge is -2.10. The Hall–Kier alpha value is -2.84. The first-order chi connectivity index (χ1) is 9.94. The molecule has 0 N–H and O–H groups in total. The van der Waals surface area contributed by atoms with E-state index >= 15 is 0 Å². The summed E-state index contributed by atoms with van der Waals surface area (Å²) >= 11 is 0. The zero-order valence-electron chi connectivity index (χ0n) is 11.6. The van der Waals surface area contributed by atoms with E-state index in [-0.39, 0.29) is 22.7 Å². The van der Waals surface area contributed by atoms with Gasteiger partial charge in [-0.15, -0.1) is 0 Å². The molecule has 114 valence electrons. The quantitative estimate of drug-likeness (QED) is 0.340. The van der Waals surface area contributed by atoms with Gasteiger partial charge in [0.05, 0.1) is 37.9 Å². The topological polar surface area (TPSA) is 114 Å². The van der Waals surface area contributed by atoms with Crippen molar-refractivity contribution in [3.63, 3.8) is 0 Å². The van der Waals surface area contributed by atoms with Crippen LogP contribution >= 0.6 is 0 Å². The van der Waals surface area contributed by atoms with Crippen molar-refractivity contribution < 1.29 is 33.5 Å². The van der Waals surface area contributed by atoms with Crippen LogP contribution in [0.5, 0.6) is 11.5 Å². The molecule has 0 heterocycles. The molecule has 0 spiro atoms. The minimum absolute atomic E-state index is 0.0508. The SMILES string of the molecule is COC(=O)C(=O)OCc1cc(OC)c(OC)cc1[N+](=O)[O-]. The lowest BCUT2D eigenvalue weighted by atomic mass is 10.1. The fourth-order valence-corrected chi connectivity index (χ4v) is 1.48. The second-order valence-corrected chi connectivity index (χ2v) is 3.66. The van der Waals surface area contributed by atoms with Gasteiger partial charge in [-0.1, -0.05) is 0 Å². The maximum absolute atomic E-state index is 11.2. The average Bonchev–Trinajstić information content (AvgIpc) is 2.50. The summed E-state index contributed by atoms with van der Waals surface area (Å²) in [6.07, 6.45) is 0. The monoisotopic (exact) mass is 299 g/mol. The Kier molecular flexibility index (Phi) is 5.47. The van der Waals surface area contributed by atoms with E-state index in [1.165, 1.54) is 20.3 Å². The van der Waals surface area contributed by atoms with Crippen LogP contribution in [0.2, 0.25) is 0 Å². The summed E-state index contributed by atoms with van der Waals surface area (Å²) in [6, 6.07) is 2.43. The second kappa shape index (κ2) is 7.08. The highest BCUT2D eigenvalue weighted by Crippen LogP contribution is 2.34. The van der Waals surface area contributed by atoms with E-state index < -0.39 is 23.5 Å². The Morgan fingerprint density at radius 2 is 1.67 bits per heavy atom. The largest absolute Gasteiger partial charge is 0.493 e. The predicted molar refractivity (Wildman–Crippen MR) is 68.0 cm³/mol. The van der Waals surface area contributed by atoms with Crippen LogP contribution < -0.4 is 9.47 Å². The van der Waals surface area contributed by atoms with E-state index in [0.717, 1.165) is 13.2 Å². The second-order valence-electron chi connectivity index (χ2n) is 3.66. The molecule has 0 aliphatic heterocycles. The molecule has 0 fully saturated rings. The van der Waals surface area contributed by atoms with Gasteiger partial charge in [0, 0.05) is 0 Å². The number of carbonyl (C=O) groups excluding carboxylic acids is 2. The molecule has 0 saturated carbocycles. The Morgan fingerprint density at radius 1 is 1.10 bits per heavy atom. The lowest BCUT2D eigenvalue weighted by molar-refractivity contribution is -0.385. The summed E-state index contributed by atoms with van der Waals surface area (Å²) < 4.78 is 18.8. The Labute approximate surface area is 119 Å². The van der Waals surface area contributed by atoms with Gasteiger partial charge in [-0.2, -0.15) is 0 Å². The number of nitrogens with zero attached hydrogens (tertiary/aromatic N) is 1. The number of hydrogen-bond acceptors (Lipinski definition) is 8. The van der Waals surface area contributed by atoms with E-state index in [1.807, 2.05) is 0 Å². The number of ether oxygens (including phenoxy) is 4. The predicted octanol–water partition coefficient (Wildman–Crippen LogP) is 0.828. The molecule has 21 heavy (non-hydrogen) atoms. The summed E-state index contributed by atoms with van der Waals surface area (Å²) in [4.78, 5) is 32.4. The van der Waals surface area contributed by atoms with Crippen molar-refractivity contribution in [2.75, 3.05) is 21.3 Å². The van der Waals surface area contributed by atoms with E-state index in [2.05, 4.69) is 9.47 Å². The van der Waals surface area contributed by atoms with Gasteiger partial charge in [0.15, 0.2) is 11.5 Å². The number of nitro benzene ring substituents is 1. The minimum Gasteiger partial charge on any atom is -0.493 e. The zero-order valence-corrected chi connectivity index (χ0v) is 11.6. The van der Waals surface area contributed by atoms with Crippen LogP contribution in [0, 0.1) is 10.1 Å². The molecular formula is C12H13NO8. The average molecular weight is 299 g/mol. The lowest BCUT2D eigenvalue weighted by Crippen LogP contribution is -2.18. The number of hydrogen-bond donors (Lipinski definition) is 0. The van der Waals surface area contributed by atoms with Crippen molar-refractivity contribution >= 4 is 17.6 Å². The van der Waals surface area contributed by atoms with Crippen LogP contribution in [0.4, 0.5) is 5.69 Å². The fourth-order valence-electron chi connectivity index (χ4n) is 1.48. The summed E-state index contributed by atoms with van der Waals surface area (Å²) in [5, 5.41) is 11.0. The third-order valence-corrected chi connectivity index (χ3v) is 2.49. The maximum Gasteiger partial charge on any atom is 0.417 e. The van der Waals surface area contributed by atoms with Gasteiger partial charge >= 0.3 is 11.9 Å². The van der Waals surface area contributed by atoms with Crippen molar-refractivity contribution in [2.24, 2.45) is 0 Å². The third kappa shape index (κ3) is 3.81. The van der Waals surface area contributed by atoms with Crippen LogP contribution in [0.25, 0.3) is 0 Å².